The van der Waals surface area contributed by atoms with E-state index in [9.17, 15) is 9.59 Å². The number of amides is 3. The average Bonchev–Trinajstić information content (AvgIpc) is 3.21. The number of nitriles is 1. The largest absolute Gasteiger partial charge is 0.341 e. The van der Waals surface area contributed by atoms with E-state index in [1.54, 1.807) is 4.90 Å². The zero-order valence-corrected chi connectivity index (χ0v) is 17.7. The fraction of sp³-hybridized carbons (Fsp3) is 0.762. The van der Waals surface area contributed by atoms with Crippen molar-refractivity contribution in [2.45, 2.75) is 63.1 Å². The fourth-order valence-corrected chi connectivity index (χ4v) is 4.80. The van der Waals surface area contributed by atoms with Crippen LogP contribution in [-0.2, 0) is 4.79 Å². The van der Waals surface area contributed by atoms with Crippen LogP contribution in [0.25, 0.3) is 0 Å². The summed E-state index contributed by atoms with van der Waals surface area (Å²) in [5.74, 6) is 0.221. The first-order chi connectivity index (χ1) is 13.9. The summed E-state index contributed by atoms with van der Waals surface area (Å²) in [6.07, 6.45) is 9.68. The van der Waals surface area contributed by atoms with E-state index in [-0.39, 0.29) is 18.5 Å². The lowest BCUT2D eigenvalue weighted by atomic mass is 9.87. The van der Waals surface area contributed by atoms with Crippen LogP contribution in [0.15, 0.2) is 11.8 Å². The first-order valence-corrected chi connectivity index (χ1v) is 10.8. The van der Waals surface area contributed by atoms with Crippen LogP contribution in [0.1, 0.15) is 51.4 Å². The highest BCUT2D eigenvalue weighted by atomic mass is 16.2. The Morgan fingerprint density at radius 1 is 1.31 bits per heavy atom. The molecule has 0 aromatic carbocycles. The molecule has 0 aromatic heterocycles. The van der Waals surface area contributed by atoms with E-state index in [2.05, 4.69) is 34.9 Å². The molecule has 2 fully saturated rings. The third-order valence-corrected chi connectivity index (χ3v) is 6.55. The highest BCUT2D eigenvalue weighted by Gasteiger charge is 2.43. The smallest absolute Gasteiger partial charge is 0.322 e. The van der Waals surface area contributed by atoms with Gasteiger partial charge in [0.25, 0.3) is 0 Å². The van der Waals surface area contributed by atoms with Gasteiger partial charge in [0.1, 0.15) is 12.1 Å². The molecule has 1 aliphatic carbocycles. The minimum Gasteiger partial charge on any atom is -0.341 e. The van der Waals surface area contributed by atoms with Crippen molar-refractivity contribution in [2.24, 2.45) is 5.92 Å². The summed E-state index contributed by atoms with van der Waals surface area (Å²) >= 11 is 0. The minimum atomic E-state index is -0.884. The SMILES string of the molecule is CN(C)C1CCC(C2=CN(C(=O)NC3(C(=O)NCC#N)CCCC3)CCC2)CN1. The van der Waals surface area contributed by atoms with E-state index >= 15 is 0 Å². The first-order valence-electron chi connectivity index (χ1n) is 10.8. The quantitative estimate of drug-likeness (QED) is 0.606. The van der Waals surface area contributed by atoms with Gasteiger partial charge < -0.3 is 20.9 Å². The maximum atomic E-state index is 13.0. The molecule has 160 valence electrons. The van der Waals surface area contributed by atoms with Crippen LogP contribution in [0.5, 0.6) is 0 Å². The molecule has 1 saturated carbocycles. The van der Waals surface area contributed by atoms with Crippen molar-refractivity contribution in [3.8, 4) is 6.07 Å². The normalized spacial score (nSPS) is 26.6. The highest BCUT2D eigenvalue weighted by Crippen LogP contribution is 2.32. The van der Waals surface area contributed by atoms with E-state index in [0.717, 1.165) is 45.1 Å². The summed E-state index contributed by atoms with van der Waals surface area (Å²) in [6.45, 7) is 1.57. The zero-order valence-electron chi connectivity index (χ0n) is 17.7. The molecule has 2 heterocycles. The predicted octanol–water partition coefficient (Wildman–Crippen LogP) is 1.52. The molecule has 3 N–H and O–H groups in total. The number of nitrogens with one attached hydrogen (secondary N) is 3. The van der Waals surface area contributed by atoms with Gasteiger partial charge in [-0.25, -0.2) is 4.79 Å². The Labute approximate surface area is 173 Å². The lowest BCUT2D eigenvalue weighted by Gasteiger charge is -2.37. The van der Waals surface area contributed by atoms with Gasteiger partial charge in [0.05, 0.1) is 12.2 Å². The number of nitrogens with zero attached hydrogens (tertiary/aromatic N) is 3. The van der Waals surface area contributed by atoms with Crippen molar-refractivity contribution in [1.82, 2.24) is 25.8 Å². The van der Waals surface area contributed by atoms with Crippen molar-refractivity contribution in [3.63, 3.8) is 0 Å². The molecule has 3 amide bonds. The van der Waals surface area contributed by atoms with Gasteiger partial charge >= 0.3 is 6.03 Å². The van der Waals surface area contributed by atoms with E-state index in [0.29, 0.717) is 31.5 Å². The number of hydrogen-bond acceptors (Lipinski definition) is 5. The lowest BCUT2D eigenvalue weighted by Crippen LogP contribution is -2.59. The average molecular weight is 403 g/mol. The van der Waals surface area contributed by atoms with Crippen molar-refractivity contribution < 1.29 is 9.59 Å². The van der Waals surface area contributed by atoms with E-state index in [1.807, 2.05) is 12.3 Å². The van der Waals surface area contributed by atoms with Crippen molar-refractivity contribution in [3.05, 3.63) is 11.8 Å². The molecule has 0 aromatic rings. The molecule has 3 rings (SSSR count). The van der Waals surface area contributed by atoms with Crippen molar-refractivity contribution >= 4 is 11.9 Å². The molecular formula is C21H34N6O2. The second kappa shape index (κ2) is 9.59. The second-order valence-electron chi connectivity index (χ2n) is 8.72. The molecule has 3 aliphatic rings. The van der Waals surface area contributed by atoms with Crippen LogP contribution in [0.4, 0.5) is 4.79 Å². The maximum absolute atomic E-state index is 13.0. The van der Waals surface area contributed by atoms with Gasteiger partial charge in [0.2, 0.25) is 5.91 Å². The monoisotopic (exact) mass is 402 g/mol. The van der Waals surface area contributed by atoms with Crippen LogP contribution in [0.3, 0.4) is 0 Å². The Hall–Kier alpha value is -2.11. The van der Waals surface area contributed by atoms with Gasteiger partial charge in [0, 0.05) is 19.3 Å². The van der Waals surface area contributed by atoms with Gasteiger partial charge in [-0.2, -0.15) is 5.26 Å². The number of carbonyl (C=O) groups is 2. The summed E-state index contributed by atoms with van der Waals surface area (Å²) in [5.41, 5.74) is 0.440. The Morgan fingerprint density at radius 2 is 2.07 bits per heavy atom. The topological polar surface area (TPSA) is 100 Å². The summed E-state index contributed by atoms with van der Waals surface area (Å²) in [6, 6.07) is 1.73. The van der Waals surface area contributed by atoms with Gasteiger partial charge in [-0.3, -0.25) is 9.69 Å². The number of carbonyl (C=O) groups excluding carboxylic acids is 2. The summed E-state index contributed by atoms with van der Waals surface area (Å²) in [4.78, 5) is 29.6. The summed E-state index contributed by atoms with van der Waals surface area (Å²) in [5, 5.41) is 18.0. The lowest BCUT2D eigenvalue weighted by molar-refractivity contribution is -0.126. The van der Waals surface area contributed by atoms with Crippen molar-refractivity contribution in [1.29, 1.82) is 5.26 Å². The number of piperidine rings is 1. The molecule has 8 heteroatoms. The van der Waals surface area contributed by atoms with E-state index < -0.39 is 5.54 Å². The standard InChI is InChI=1S/C21H34N6O2/c1-26(2)18-8-7-16(14-24-18)17-6-5-13-27(15-17)20(29)25-21(9-3-4-10-21)19(28)23-12-11-22/h15-16,18,24H,3-10,12-14H2,1-2H3,(H,23,28)(H,25,29). The molecule has 2 aliphatic heterocycles. The molecule has 29 heavy (non-hydrogen) atoms. The van der Waals surface area contributed by atoms with Crippen LogP contribution in [0.2, 0.25) is 0 Å². The molecule has 2 atom stereocenters. The van der Waals surface area contributed by atoms with Gasteiger partial charge in [-0.15, -0.1) is 0 Å². The first kappa shape index (κ1) is 21.6. The van der Waals surface area contributed by atoms with E-state index in [4.69, 9.17) is 5.26 Å². The van der Waals surface area contributed by atoms with Crippen LogP contribution in [-0.4, -0.2) is 67.2 Å². The van der Waals surface area contributed by atoms with Crippen LogP contribution >= 0.6 is 0 Å². The third-order valence-electron chi connectivity index (χ3n) is 6.55. The van der Waals surface area contributed by atoms with Crippen molar-refractivity contribution in [2.75, 3.05) is 33.7 Å². The predicted molar refractivity (Wildman–Crippen MR) is 111 cm³/mol. The second-order valence-corrected chi connectivity index (χ2v) is 8.72. The minimum absolute atomic E-state index is 0.0349. The van der Waals surface area contributed by atoms with Crippen LogP contribution < -0.4 is 16.0 Å². The molecule has 2 unspecified atom stereocenters. The maximum Gasteiger partial charge on any atom is 0.322 e. The molecule has 0 radical (unpaired) electrons. The Bertz CT molecular complexity index is 669. The Kier molecular flexibility index (Phi) is 7.14. The molecular weight excluding hydrogens is 368 g/mol. The Morgan fingerprint density at radius 3 is 2.69 bits per heavy atom. The number of hydrogen-bond donors (Lipinski definition) is 3. The summed E-state index contributed by atoms with van der Waals surface area (Å²) in [7, 11) is 4.19. The highest BCUT2D eigenvalue weighted by molar-refractivity contribution is 5.91. The molecule has 8 nitrogen and oxygen atoms in total. The zero-order chi connectivity index (χ0) is 20.9. The molecule has 1 saturated heterocycles. The van der Waals surface area contributed by atoms with E-state index in [1.165, 1.54) is 5.57 Å². The van der Waals surface area contributed by atoms with Gasteiger partial charge in [-0.05, 0) is 64.1 Å². The van der Waals surface area contributed by atoms with Crippen LogP contribution in [0, 0.1) is 17.2 Å². The fourth-order valence-electron chi connectivity index (χ4n) is 4.80. The molecule has 0 spiro atoms. The number of urea groups is 1. The Balaban J connectivity index is 1.63. The van der Waals surface area contributed by atoms with Gasteiger partial charge in [-0.1, -0.05) is 12.8 Å². The third kappa shape index (κ3) is 5.09. The molecule has 0 bridgehead atoms. The number of rotatable bonds is 5. The van der Waals surface area contributed by atoms with Gasteiger partial charge in [0.15, 0.2) is 0 Å². The summed E-state index contributed by atoms with van der Waals surface area (Å²) < 4.78 is 0.